The van der Waals surface area contributed by atoms with Crippen LogP contribution in [0, 0.1) is 0 Å². The van der Waals surface area contributed by atoms with Crippen LogP contribution >= 0.6 is 0 Å². The second-order valence-electron chi connectivity index (χ2n) is 4.49. The highest BCUT2D eigenvalue weighted by atomic mass is 16.6. The number of anilines is 1. The molecule has 0 saturated heterocycles. The highest BCUT2D eigenvalue weighted by Crippen LogP contribution is 2.27. The lowest BCUT2D eigenvalue weighted by Crippen LogP contribution is -2.18. The monoisotopic (exact) mass is 255 g/mol. The summed E-state index contributed by atoms with van der Waals surface area (Å²) in [6, 6.07) is 17.6. The van der Waals surface area contributed by atoms with E-state index in [4.69, 9.17) is 4.74 Å². The lowest BCUT2D eigenvalue weighted by molar-refractivity contribution is 0.130. The fraction of sp³-hybridized carbons (Fsp3) is 0.188. The van der Waals surface area contributed by atoms with E-state index in [0.717, 1.165) is 16.8 Å². The Morgan fingerprint density at radius 2 is 1.63 bits per heavy atom. The number of ether oxygens (including phenoxy) is 1. The van der Waals surface area contributed by atoms with Gasteiger partial charge in [0.15, 0.2) is 0 Å². The third-order valence-corrected chi connectivity index (χ3v) is 2.59. The largest absolute Gasteiger partial charge is 0.447 e. The zero-order chi connectivity index (χ0) is 13.7. The molecule has 0 spiro atoms. The topological polar surface area (TPSA) is 38.3 Å². The van der Waals surface area contributed by atoms with Crippen molar-refractivity contribution in [1.82, 2.24) is 0 Å². The minimum atomic E-state index is -0.432. The highest BCUT2D eigenvalue weighted by Gasteiger charge is 2.09. The SMILES string of the molecule is CC(C)OC(=O)Nc1ccccc1-c1ccccc1. The summed E-state index contributed by atoms with van der Waals surface area (Å²) in [5, 5.41) is 2.78. The Kier molecular flexibility index (Phi) is 4.18. The normalized spacial score (nSPS) is 10.3. The molecule has 0 atom stereocenters. The first-order valence-electron chi connectivity index (χ1n) is 6.29. The van der Waals surface area contributed by atoms with Crippen LogP contribution in [-0.4, -0.2) is 12.2 Å². The second-order valence-corrected chi connectivity index (χ2v) is 4.49. The first-order valence-corrected chi connectivity index (χ1v) is 6.29. The van der Waals surface area contributed by atoms with Crippen molar-refractivity contribution in [2.45, 2.75) is 20.0 Å². The van der Waals surface area contributed by atoms with Crippen LogP contribution in [0.1, 0.15) is 13.8 Å². The van der Waals surface area contributed by atoms with Gasteiger partial charge in [0.1, 0.15) is 0 Å². The van der Waals surface area contributed by atoms with Crippen LogP contribution in [0.15, 0.2) is 54.6 Å². The maximum atomic E-state index is 11.7. The molecule has 3 nitrogen and oxygen atoms in total. The van der Waals surface area contributed by atoms with E-state index >= 15 is 0 Å². The van der Waals surface area contributed by atoms with Crippen LogP contribution < -0.4 is 5.32 Å². The molecule has 0 radical (unpaired) electrons. The quantitative estimate of drug-likeness (QED) is 0.887. The van der Waals surface area contributed by atoms with Gasteiger partial charge in [0.05, 0.1) is 11.8 Å². The molecule has 0 aliphatic carbocycles. The maximum absolute atomic E-state index is 11.7. The predicted molar refractivity (Wildman–Crippen MR) is 77.1 cm³/mol. The Balaban J connectivity index is 2.25. The fourth-order valence-corrected chi connectivity index (χ4v) is 1.82. The summed E-state index contributed by atoms with van der Waals surface area (Å²) >= 11 is 0. The minimum absolute atomic E-state index is 0.135. The van der Waals surface area contributed by atoms with Gasteiger partial charge < -0.3 is 4.74 Å². The average molecular weight is 255 g/mol. The van der Waals surface area contributed by atoms with Crippen LogP contribution in [0.2, 0.25) is 0 Å². The van der Waals surface area contributed by atoms with Gasteiger partial charge in [-0.15, -0.1) is 0 Å². The third-order valence-electron chi connectivity index (χ3n) is 2.59. The summed E-state index contributed by atoms with van der Waals surface area (Å²) in [7, 11) is 0. The molecule has 2 aromatic rings. The predicted octanol–water partition coefficient (Wildman–Crippen LogP) is 4.31. The number of hydrogen-bond donors (Lipinski definition) is 1. The van der Waals surface area contributed by atoms with Crippen LogP contribution in [0.5, 0.6) is 0 Å². The summed E-state index contributed by atoms with van der Waals surface area (Å²) in [5.74, 6) is 0. The smallest absolute Gasteiger partial charge is 0.411 e. The van der Waals surface area contributed by atoms with E-state index < -0.39 is 6.09 Å². The van der Waals surface area contributed by atoms with Crippen molar-refractivity contribution in [3.8, 4) is 11.1 Å². The van der Waals surface area contributed by atoms with Gasteiger partial charge in [-0.1, -0.05) is 48.5 Å². The molecule has 0 unspecified atom stereocenters. The van der Waals surface area contributed by atoms with Crippen molar-refractivity contribution in [3.63, 3.8) is 0 Å². The number of para-hydroxylation sites is 1. The Hall–Kier alpha value is -2.29. The van der Waals surface area contributed by atoms with Gasteiger partial charge >= 0.3 is 6.09 Å². The Labute approximate surface area is 113 Å². The van der Waals surface area contributed by atoms with Crippen LogP contribution in [0.4, 0.5) is 10.5 Å². The number of hydrogen-bond acceptors (Lipinski definition) is 2. The summed E-state index contributed by atoms with van der Waals surface area (Å²) in [4.78, 5) is 11.7. The van der Waals surface area contributed by atoms with Crippen molar-refractivity contribution in [2.75, 3.05) is 5.32 Å². The molecule has 0 saturated carbocycles. The molecule has 3 heteroatoms. The van der Waals surface area contributed by atoms with Crippen molar-refractivity contribution in [2.24, 2.45) is 0 Å². The number of carbonyl (C=O) groups excluding carboxylic acids is 1. The molecule has 19 heavy (non-hydrogen) atoms. The summed E-state index contributed by atoms with van der Waals surface area (Å²) in [5.41, 5.74) is 2.78. The van der Waals surface area contributed by atoms with Gasteiger partial charge in [0, 0.05) is 5.56 Å². The second kappa shape index (κ2) is 6.05. The molecule has 0 aromatic heterocycles. The lowest BCUT2D eigenvalue weighted by Gasteiger charge is -2.13. The van der Waals surface area contributed by atoms with Gasteiger partial charge in [0.25, 0.3) is 0 Å². The van der Waals surface area contributed by atoms with Crippen LogP contribution in [-0.2, 0) is 4.74 Å². The molecule has 2 aromatic carbocycles. The zero-order valence-corrected chi connectivity index (χ0v) is 11.1. The van der Waals surface area contributed by atoms with Gasteiger partial charge in [0.2, 0.25) is 0 Å². The molecule has 98 valence electrons. The Bertz CT molecular complexity index is 550. The molecule has 1 amide bonds. The number of carbonyl (C=O) groups is 1. The molecule has 1 N–H and O–H groups in total. The number of benzene rings is 2. The maximum Gasteiger partial charge on any atom is 0.411 e. The fourth-order valence-electron chi connectivity index (χ4n) is 1.82. The van der Waals surface area contributed by atoms with Gasteiger partial charge in [-0.25, -0.2) is 4.79 Å². The molecule has 0 aliphatic rings. The summed E-state index contributed by atoms with van der Waals surface area (Å²) in [6.07, 6.45) is -0.567. The van der Waals surface area contributed by atoms with E-state index in [1.165, 1.54) is 0 Å². The van der Waals surface area contributed by atoms with Gasteiger partial charge in [-0.05, 0) is 25.5 Å². The number of amides is 1. The van der Waals surface area contributed by atoms with E-state index in [0.29, 0.717) is 0 Å². The van der Waals surface area contributed by atoms with Crippen LogP contribution in [0.25, 0.3) is 11.1 Å². The van der Waals surface area contributed by atoms with Crippen LogP contribution in [0.3, 0.4) is 0 Å². The Morgan fingerprint density at radius 1 is 1.00 bits per heavy atom. The van der Waals surface area contributed by atoms with E-state index in [1.807, 2.05) is 68.4 Å². The molecule has 0 fully saturated rings. The molecule has 0 bridgehead atoms. The standard InChI is InChI=1S/C16H17NO2/c1-12(2)19-16(18)17-15-11-7-6-10-14(15)13-8-4-3-5-9-13/h3-12H,1-2H3,(H,17,18). The highest BCUT2D eigenvalue weighted by molar-refractivity contribution is 5.91. The first-order chi connectivity index (χ1) is 9.16. The van der Waals surface area contributed by atoms with Gasteiger partial charge in [-0.3, -0.25) is 5.32 Å². The summed E-state index contributed by atoms with van der Waals surface area (Å²) < 4.78 is 5.09. The van der Waals surface area contributed by atoms with E-state index in [2.05, 4.69) is 5.32 Å². The first kappa shape index (κ1) is 13.1. The van der Waals surface area contributed by atoms with Crippen molar-refractivity contribution >= 4 is 11.8 Å². The Morgan fingerprint density at radius 3 is 2.32 bits per heavy atom. The molecular weight excluding hydrogens is 238 g/mol. The van der Waals surface area contributed by atoms with Crippen molar-refractivity contribution in [1.29, 1.82) is 0 Å². The molecular formula is C16H17NO2. The minimum Gasteiger partial charge on any atom is -0.447 e. The zero-order valence-electron chi connectivity index (χ0n) is 11.1. The van der Waals surface area contributed by atoms with E-state index in [1.54, 1.807) is 0 Å². The summed E-state index contributed by atoms with van der Waals surface area (Å²) in [6.45, 7) is 3.64. The van der Waals surface area contributed by atoms with E-state index in [9.17, 15) is 4.79 Å². The molecule has 2 rings (SSSR count). The molecule has 0 aliphatic heterocycles. The average Bonchev–Trinajstić information content (AvgIpc) is 2.39. The number of rotatable bonds is 3. The molecule has 0 heterocycles. The number of nitrogens with one attached hydrogen (secondary N) is 1. The van der Waals surface area contributed by atoms with Crippen molar-refractivity contribution < 1.29 is 9.53 Å². The van der Waals surface area contributed by atoms with Gasteiger partial charge in [-0.2, -0.15) is 0 Å². The third kappa shape index (κ3) is 3.58. The van der Waals surface area contributed by atoms with E-state index in [-0.39, 0.29) is 6.10 Å². The van der Waals surface area contributed by atoms with Crippen molar-refractivity contribution in [3.05, 3.63) is 54.6 Å². The lowest BCUT2D eigenvalue weighted by atomic mass is 10.0.